The molecule has 3 heterocycles. The molecule has 206 valence electrons. The summed E-state index contributed by atoms with van der Waals surface area (Å²) in [6.07, 6.45) is 3.55. The summed E-state index contributed by atoms with van der Waals surface area (Å²) < 4.78 is 12.4. The van der Waals surface area contributed by atoms with E-state index in [9.17, 15) is 14.4 Å². The highest BCUT2D eigenvalue weighted by Gasteiger charge is 2.21. The number of aromatic nitrogens is 3. The zero-order valence-electron chi connectivity index (χ0n) is 22.2. The first-order chi connectivity index (χ1) is 18.7. The Bertz CT molecular complexity index is 1470. The topological polar surface area (TPSA) is 119 Å². The van der Waals surface area contributed by atoms with E-state index < -0.39 is 0 Å². The summed E-state index contributed by atoms with van der Waals surface area (Å²) in [5.41, 5.74) is 0.906. The second-order valence-electron chi connectivity index (χ2n) is 9.08. The number of aryl methyl sites for hydroxylation is 1. The van der Waals surface area contributed by atoms with Crippen molar-refractivity contribution in [1.82, 2.24) is 24.3 Å². The van der Waals surface area contributed by atoms with E-state index in [1.165, 1.54) is 27.2 Å². The molecule has 0 aliphatic carbocycles. The number of amides is 2. The van der Waals surface area contributed by atoms with Gasteiger partial charge < -0.3 is 14.4 Å². The summed E-state index contributed by atoms with van der Waals surface area (Å²) in [5, 5.41) is 3.46. The molecule has 1 aliphatic heterocycles. The van der Waals surface area contributed by atoms with E-state index in [2.05, 4.69) is 26.8 Å². The Morgan fingerprint density at radius 2 is 1.85 bits per heavy atom. The van der Waals surface area contributed by atoms with Crippen LogP contribution in [0.15, 0.2) is 41.8 Å². The quantitative estimate of drug-likeness (QED) is 0.401. The molecular weight excluding hydrogens is 524 g/mol. The zero-order chi connectivity index (χ0) is 28.1. The summed E-state index contributed by atoms with van der Waals surface area (Å²) in [7, 11) is 3.02. The van der Waals surface area contributed by atoms with Crippen molar-refractivity contribution in [1.29, 1.82) is 0 Å². The van der Waals surface area contributed by atoms with E-state index >= 15 is 0 Å². The van der Waals surface area contributed by atoms with Crippen molar-refractivity contribution < 1.29 is 19.1 Å². The fraction of sp³-hybridized carbons (Fsp3) is 0.370. The third-order valence-corrected chi connectivity index (χ3v) is 6.98. The van der Waals surface area contributed by atoms with Crippen molar-refractivity contribution in [3.05, 3.63) is 52.4 Å². The van der Waals surface area contributed by atoms with E-state index in [4.69, 9.17) is 21.1 Å². The Hall–Kier alpha value is -3.96. The number of fused-ring (bicyclic) bond motifs is 1. The van der Waals surface area contributed by atoms with Crippen LogP contribution < -0.4 is 20.3 Å². The molecule has 0 radical (unpaired) electrons. The lowest BCUT2D eigenvalue weighted by atomic mass is 10.0. The lowest BCUT2D eigenvalue weighted by Crippen LogP contribution is -2.48. The molecular formula is C27H31ClN6O5. The van der Waals surface area contributed by atoms with Crippen LogP contribution in [0.1, 0.15) is 13.3 Å². The number of carbonyl (C=O) groups excluding carboxylic acids is 2. The second-order valence-corrected chi connectivity index (χ2v) is 9.46. The molecule has 1 N–H and O–H groups in total. The summed E-state index contributed by atoms with van der Waals surface area (Å²) >= 11 is 6.63. The van der Waals surface area contributed by atoms with Crippen LogP contribution in [-0.2, 0) is 16.1 Å². The lowest BCUT2D eigenvalue weighted by Gasteiger charge is -2.34. The van der Waals surface area contributed by atoms with Gasteiger partial charge in [-0.05, 0) is 31.2 Å². The number of pyridine rings is 1. The first-order valence-corrected chi connectivity index (χ1v) is 12.9. The number of rotatable bonds is 9. The van der Waals surface area contributed by atoms with E-state index in [0.717, 1.165) is 19.6 Å². The minimum absolute atomic E-state index is 0.0630. The third kappa shape index (κ3) is 6.21. The normalized spacial score (nSPS) is 13.8. The number of ether oxygens (including phenoxy) is 2. The van der Waals surface area contributed by atoms with Gasteiger partial charge in [-0.15, -0.1) is 0 Å². The zero-order valence-corrected chi connectivity index (χ0v) is 23.0. The molecule has 2 amide bonds. The lowest BCUT2D eigenvalue weighted by molar-refractivity contribution is -0.127. The van der Waals surface area contributed by atoms with Gasteiger partial charge in [-0.25, -0.2) is 4.98 Å². The number of carbonyl (C=O) groups is 2. The van der Waals surface area contributed by atoms with Crippen molar-refractivity contribution in [2.24, 2.45) is 0 Å². The van der Waals surface area contributed by atoms with Crippen molar-refractivity contribution >= 4 is 40.4 Å². The number of anilines is 1. The minimum atomic E-state index is -0.316. The second kappa shape index (κ2) is 12.3. The van der Waals surface area contributed by atoms with Crippen LogP contribution in [-0.4, -0.2) is 83.1 Å². The standard InChI is InChI=1S/C27H31ClN6O5/c1-5-23(36)33-11-9-32(10-12-33)7-6-8-34-25-18(16-29-27(31-25)30-17(2)35)13-21(26(34)37)20-14-19(38-3)15-22(39-4)24(20)28/h5,13-16H,1,6-12H2,2-4H3,(H,29,30,31,35). The van der Waals surface area contributed by atoms with Crippen molar-refractivity contribution in [2.75, 3.05) is 52.3 Å². The van der Waals surface area contributed by atoms with Crippen molar-refractivity contribution in [3.63, 3.8) is 0 Å². The SMILES string of the molecule is C=CC(=O)N1CCN(CCCn2c(=O)c(-c3cc(OC)cc(OC)c3Cl)cc3cnc(NC(C)=O)nc32)CC1. The Morgan fingerprint density at radius 3 is 2.49 bits per heavy atom. The van der Waals surface area contributed by atoms with Gasteiger partial charge in [0.1, 0.15) is 17.1 Å². The van der Waals surface area contributed by atoms with Gasteiger partial charge in [0.05, 0.1) is 19.2 Å². The van der Waals surface area contributed by atoms with Gasteiger partial charge in [0.15, 0.2) is 0 Å². The average Bonchev–Trinajstić information content (AvgIpc) is 2.94. The number of benzene rings is 1. The predicted molar refractivity (Wildman–Crippen MR) is 149 cm³/mol. The monoisotopic (exact) mass is 554 g/mol. The summed E-state index contributed by atoms with van der Waals surface area (Å²) in [4.78, 5) is 50.1. The molecule has 0 bridgehead atoms. The maximum Gasteiger partial charge on any atom is 0.260 e. The fourth-order valence-electron chi connectivity index (χ4n) is 4.59. The first-order valence-electron chi connectivity index (χ1n) is 12.5. The van der Waals surface area contributed by atoms with E-state index in [1.807, 2.05) is 0 Å². The highest BCUT2D eigenvalue weighted by atomic mass is 35.5. The molecule has 2 aromatic heterocycles. The highest BCUT2D eigenvalue weighted by molar-refractivity contribution is 6.35. The summed E-state index contributed by atoms with van der Waals surface area (Å²) in [6, 6.07) is 5.02. The van der Waals surface area contributed by atoms with Crippen LogP contribution in [0, 0.1) is 0 Å². The molecule has 0 saturated carbocycles. The van der Waals surface area contributed by atoms with Crippen LogP contribution in [0.3, 0.4) is 0 Å². The number of nitrogens with one attached hydrogen (secondary N) is 1. The predicted octanol–water partition coefficient (Wildman–Crippen LogP) is 2.81. The van der Waals surface area contributed by atoms with Crippen LogP contribution in [0.2, 0.25) is 5.02 Å². The number of halogens is 1. The van der Waals surface area contributed by atoms with Gasteiger partial charge in [0, 0.05) is 68.4 Å². The molecule has 39 heavy (non-hydrogen) atoms. The molecule has 1 aromatic carbocycles. The number of piperazine rings is 1. The van der Waals surface area contributed by atoms with E-state index in [0.29, 0.717) is 59.7 Å². The number of hydrogen-bond donors (Lipinski definition) is 1. The largest absolute Gasteiger partial charge is 0.497 e. The van der Waals surface area contributed by atoms with Crippen LogP contribution in [0.4, 0.5) is 5.95 Å². The first kappa shape index (κ1) is 28.1. The van der Waals surface area contributed by atoms with Gasteiger partial charge >= 0.3 is 0 Å². The molecule has 0 atom stereocenters. The maximum absolute atomic E-state index is 13.9. The van der Waals surface area contributed by atoms with Crippen LogP contribution in [0.5, 0.6) is 11.5 Å². The van der Waals surface area contributed by atoms with Gasteiger partial charge in [-0.3, -0.25) is 29.2 Å². The molecule has 1 fully saturated rings. The number of hydrogen-bond acceptors (Lipinski definition) is 8. The smallest absolute Gasteiger partial charge is 0.260 e. The van der Waals surface area contributed by atoms with Crippen LogP contribution >= 0.6 is 11.6 Å². The maximum atomic E-state index is 13.9. The Morgan fingerprint density at radius 1 is 1.10 bits per heavy atom. The molecule has 4 rings (SSSR count). The summed E-state index contributed by atoms with van der Waals surface area (Å²) in [5.74, 6) is 0.600. The molecule has 1 saturated heterocycles. The van der Waals surface area contributed by atoms with Gasteiger partial charge in [-0.1, -0.05) is 18.2 Å². The number of nitrogens with zero attached hydrogens (tertiary/aromatic N) is 5. The van der Waals surface area contributed by atoms with E-state index in [1.54, 1.807) is 33.9 Å². The van der Waals surface area contributed by atoms with Gasteiger partial charge in [-0.2, -0.15) is 4.98 Å². The number of methoxy groups -OCH3 is 2. The van der Waals surface area contributed by atoms with Crippen molar-refractivity contribution in [2.45, 2.75) is 19.9 Å². The van der Waals surface area contributed by atoms with Crippen molar-refractivity contribution in [3.8, 4) is 22.6 Å². The molecule has 1 aliphatic rings. The third-order valence-electron chi connectivity index (χ3n) is 6.59. The Balaban J connectivity index is 1.69. The summed E-state index contributed by atoms with van der Waals surface area (Å²) in [6.45, 7) is 8.75. The van der Waals surface area contributed by atoms with E-state index in [-0.39, 0.29) is 28.3 Å². The fourth-order valence-corrected chi connectivity index (χ4v) is 4.87. The van der Waals surface area contributed by atoms with Crippen LogP contribution in [0.25, 0.3) is 22.2 Å². The molecule has 0 spiro atoms. The molecule has 11 nitrogen and oxygen atoms in total. The highest BCUT2D eigenvalue weighted by Crippen LogP contribution is 2.38. The Kier molecular flexibility index (Phi) is 8.82. The molecule has 3 aromatic rings. The minimum Gasteiger partial charge on any atom is -0.497 e. The van der Waals surface area contributed by atoms with Gasteiger partial charge in [0.2, 0.25) is 17.8 Å². The average molecular weight is 555 g/mol. The molecule has 12 heteroatoms. The molecule has 0 unspecified atom stereocenters. The Labute approximate surface area is 231 Å². The van der Waals surface area contributed by atoms with Gasteiger partial charge in [0.25, 0.3) is 5.56 Å².